The highest BCUT2D eigenvalue weighted by Gasteiger charge is 2.35. The van der Waals surface area contributed by atoms with E-state index in [2.05, 4.69) is 0 Å². The molecular weight excluding hydrogens is 417 g/mol. The van der Waals surface area contributed by atoms with Gasteiger partial charge >= 0.3 is 0 Å². The number of rotatable bonds is 4. The van der Waals surface area contributed by atoms with Crippen LogP contribution in [-0.2, 0) is 21.2 Å². The molecule has 164 valence electrons. The summed E-state index contributed by atoms with van der Waals surface area (Å²) in [6.45, 7) is 2.11. The van der Waals surface area contributed by atoms with Crippen LogP contribution in [0.2, 0.25) is 0 Å². The molecule has 0 atom stereocenters. The molecule has 0 aromatic heterocycles. The van der Waals surface area contributed by atoms with Crippen molar-refractivity contribution in [1.82, 2.24) is 4.31 Å². The minimum absolute atomic E-state index is 0.125. The molecule has 1 saturated heterocycles. The second-order valence-corrected chi connectivity index (χ2v) is 10.4. The van der Waals surface area contributed by atoms with Gasteiger partial charge in [-0.3, -0.25) is 4.79 Å². The van der Waals surface area contributed by atoms with Crippen molar-refractivity contribution in [3.63, 3.8) is 0 Å². The van der Waals surface area contributed by atoms with E-state index >= 15 is 0 Å². The topological polar surface area (TPSA) is 60.9 Å². The molecule has 3 aliphatic rings. The van der Waals surface area contributed by atoms with Crippen LogP contribution in [0.5, 0.6) is 0 Å². The monoisotopic (exact) mass is 443 g/mol. The Labute approximate surface area is 182 Å². The molecule has 0 radical (unpaired) electrons. The first-order valence-corrected chi connectivity index (χ1v) is 12.3. The Balaban J connectivity index is 1.30. The molecule has 31 heavy (non-hydrogen) atoms. The van der Waals surface area contributed by atoms with Crippen LogP contribution in [-0.4, -0.2) is 51.4 Å². The van der Waals surface area contributed by atoms with Crippen LogP contribution in [0.3, 0.4) is 0 Å². The minimum Gasteiger partial charge on any atom is -0.367 e. The van der Waals surface area contributed by atoms with Crippen molar-refractivity contribution in [1.29, 1.82) is 0 Å². The second-order valence-electron chi connectivity index (χ2n) is 8.50. The molecule has 0 bridgehead atoms. The Kier molecular flexibility index (Phi) is 5.22. The highest BCUT2D eigenvalue weighted by Crippen LogP contribution is 2.36. The number of hydrogen-bond acceptors (Lipinski definition) is 4. The predicted molar refractivity (Wildman–Crippen MR) is 117 cm³/mol. The van der Waals surface area contributed by atoms with E-state index in [9.17, 15) is 17.6 Å². The van der Waals surface area contributed by atoms with Crippen molar-refractivity contribution in [3.05, 3.63) is 53.8 Å². The molecule has 2 aromatic carbocycles. The largest absolute Gasteiger partial charge is 0.367 e. The summed E-state index contributed by atoms with van der Waals surface area (Å²) in [6.07, 6.45) is 3.70. The zero-order valence-electron chi connectivity index (χ0n) is 17.3. The number of amides is 1. The molecule has 6 nitrogen and oxygen atoms in total. The molecule has 0 spiro atoms. The van der Waals surface area contributed by atoms with E-state index in [1.54, 1.807) is 36.4 Å². The summed E-state index contributed by atoms with van der Waals surface area (Å²) in [5.41, 5.74) is 2.27. The molecule has 1 amide bonds. The predicted octanol–water partition coefficient (Wildman–Crippen LogP) is 3.03. The van der Waals surface area contributed by atoms with Crippen LogP contribution in [0.25, 0.3) is 0 Å². The maximum absolute atomic E-state index is 14.1. The van der Waals surface area contributed by atoms with E-state index in [1.807, 2.05) is 9.80 Å². The molecular formula is C23H26FN3O3S. The van der Waals surface area contributed by atoms with E-state index in [0.717, 1.165) is 30.5 Å². The standard InChI is InChI=1S/C23H26FN3O3S/c24-20-6-1-2-7-22(20)25-12-14-26(15-13-25)31(29,30)19-8-9-21-18(16-19)10-11-27(21)23(28)17-4-3-5-17/h1-2,6-9,16-17H,3-5,10-15H2. The van der Waals surface area contributed by atoms with E-state index < -0.39 is 10.0 Å². The zero-order valence-corrected chi connectivity index (χ0v) is 18.2. The summed E-state index contributed by atoms with van der Waals surface area (Å²) in [5, 5.41) is 0. The molecule has 1 aliphatic carbocycles. The smallest absolute Gasteiger partial charge is 0.243 e. The van der Waals surface area contributed by atoms with Crippen LogP contribution < -0.4 is 9.80 Å². The average Bonchev–Trinajstić information content (AvgIpc) is 3.16. The van der Waals surface area contributed by atoms with Gasteiger partial charge in [0.05, 0.1) is 10.6 Å². The Morgan fingerprint density at radius 1 is 0.935 bits per heavy atom. The van der Waals surface area contributed by atoms with Crippen molar-refractivity contribution < 1.29 is 17.6 Å². The SMILES string of the molecule is O=C(C1CCC1)N1CCc2cc(S(=O)(=O)N3CCN(c4ccccc4F)CC3)ccc21. The molecule has 2 fully saturated rings. The molecule has 2 heterocycles. The van der Waals surface area contributed by atoms with E-state index in [1.165, 1.54) is 10.4 Å². The van der Waals surface area contributed by atoms with Gasteiger partial charge in [0, 0.05) is 44.3 Å². The summed E-state index contributed by atoms with van der Waals surface area (Å²) in [5.74, 6) is 0.00316. The van der Waals surface area contributed by atoms with Crippen LogP contribution in [0.15, 0.2) is 47.4 Å². The fourth-order valence-corrected chi connectivity index (χ4v) is 6.14. The number of carbonyl (C=O) groups excluding carboxylic acids is 1. The van der Waals surface area contributed by atoms with E-state index in [-0.39, 0.29) is 22.5 Å². The Morgan fingerprint density at radius 3 is 2.35 bits per heavy atom. The molecule has 2 aromatic rings. The lowest BCUT2D eigenvalue weighted by Gasteiger charge is -2.35. The molecule has 2 aliphatic heterocycles. The number of carbonyl (C=O) groups is 1. The first-order chi connectivity index (χ1) is 14.9. The van der Waals surface area contributed by atoms with Gasteiger partial charge in [-0.05, 0) is 55.2 Å². The number of hydrogen-bond donors (Lipinski definition) is 0. The zero-order chi connectivity index (χ0) is 21.6. The summed E-state index contributed by atoms with van der Waals surface area (Å²) in [7, 11) is -3.64. The maximum Gasteiger partial charge on any atom is 0.243 e. The van der Waals surface area contributed by atoms with Gasteiger partial charge in [-0.1, -0.05) is 18.6 Å². The average molecular weight is 444 g/mol. The molecule has 8 heteroatoms. The minimum atomic E-state index is -3.64. The number of anilines is 2. The number of halogens is 1. The number of piperazine rings is 1. The highest BCUT2D eigenvalue weighted by molar-refractivity contribution is 7.89. The summed E-state index contributed by atoms with van der Waals surface area (Å²) in [4.78, 5) is 16.6. The normalized spacial score (nSPS) is 19.9. The van der Waals surface area contributed by atoms with Crippen LogP contribution in [0.4, 0.5) is 15.8 Å². The van der Waals surface area contributed by atoms with Crippen LogP contribution >= 0.6 is 0 Å². The van der Waals surface area contributed by atoms with Crippen LogP contribution in [0, 0.1) is 11.7 Å². The summed E-state index contributed by atoms with van der Waals surface area (Å²) < 4.78 is 42.0. The third-order valence-corrected chi connectivity index (χ3v) is 8.63. The van der Waals surface area contributed by atoms with Gasteiger partial charge in [0.15, 0.2) is 0 Å². The van der Waals surface area contributed by atoms with Gasteiger partial charge in [0.2, 0.25) is 15.9 Å². The number of nitrogens with zero attached hydrogens (tertiary/aromatic N) is 3. The maximum atomic E-state index is 14.1. The van der Waals surface area contributed by atoms with Crippen molar-refractivity contribution >= 4 is 27.3 Å². The van der Waals surface area contributed by atoms with Gasteiger partial charge in [-0.2, -0.15) is 4.31 Å². The highest BCUT2D eigenvalue weighted by atomic mass is 32.2. The molecule has 0 N–H and O–H groups in total. The van der Waals surface area contributed by atoms with E-state index in [0.29, 0.717) is 44.8 Å². The van der Waals surface area contributed by atoms with Crippen molar-refractivity contribution in [2.75, 3.05) is 42.5 Å². The van der Waals surface area contributed by atoms with Gasteiger partial charge in [0.1, 0.15) is 5.82 Å². The quantitative estimate of drug-likeness (QED) is 0.729. The lowest BCUT2D eigenvalue weighted by Crippen LogP contribution is -2.48. The third kappa shape index (κ3) is 3.61. The Morgan fingerprint density at radius 2 is 1.68 bits per heavy atom. The second kappa shape index (κ2) is 7.91. The molecule has 5 rings (SSSR count). The number of para-hydroxylation sites is 1. The fraction of sp³-hybridized carbons (Fsp3) is 0.435. The first-order valence-electron chi connectivity index (χ1n) is 10.9. The fourth-order valence-electron chi connectivity index (χ4n) is 4.67. The number of fused-ring (bicyclic) bond motifs is 1. The summed E-state index contributed by atoms with van der Waals surface area (Å²) in [6, 6.07) is 11.7. The molecule has 1 saturated carbocycles. The lowest BCUT2D eigenvalue weighted by atomic mass is 9.84. The summed E-state index contributed by atoms with van der Waals surface area (Å²) >= 11 is 0. The van der Waals surface area contributed by atoms with E-state index in [4.69, 9.17) is 0 Å². The van der Waals surface area contributed by atoms with Crippen molar-refractivity contribution in [2.24, 2.45) is 5.92 Å². The van der Waals surface area contributed by atoms with Crippen molar-refractivity contribution in [2.45, 2.75) is 30.6 Å². The Bertz CT molecular complexity index is 1110. The Hall–Kier alpha value is -2.45. The van der Waals surface area contributed by atoms with Crippen molar-refractivity contribution in [3.8, 4) is 0 Å². The third-order valence-electron chi connectivity index (χ3n) is 6.74. The van der Waals surface area contributed by atoms with Gasteiger partial charge in [0.25, 0.3) is 0 Å². The van der Waals surface area contributed by atoms with Crippen LogP contribution in [0.1, 0.15) is 24.8 Å². The van der Waals surface area contributed by atoms with Gasteiger partial charge < -0.3 is 9.80 Å². The lowest BCUT2D eigenvalue weighted by molar-refractivity contribution is -0.124. The number of benzene rings is 2. The van der Waals surface area contributed by atoms with Gasteiger partial charge in [-0.25, -0.2) is 12.8 Å². The number of sulfonamides is 1. The molecule has 0 unspecified atom stereocenters. The van der Waals surface area contributed by atoms with Gasteiger partial charge in [-0.15, -0.1) is 0 Å². The first kappa shape index (κ1) is 20.5.